The summed E-state index contributed by atoms with van der Waals surface area (Å²) in [6.45, 7) is 1.85. The summed E-state index contributed by atoms with van der Waals surface area (Å²) >= 11 is 1.39. The van der Waals surface area contributed by atoms with Gasteiger partial charge in [-0.1, -0.05) is 29.8 Å². The number of H-pyrrole nitrogens is 1. The molecular weight excluding hydrogens is 340 g/mol. The normalized spacial score (nSPS) is 10.6. The highest BCUT2D eigenvalue weighted by Gasteiger charge is 2.09. The van der Waals surface area contributed by atoms with Crippen LogP contribution in [0.25, 0.3) is 0 Å². The molecule has 1 amide bonds. The minimum atomic E-state index is -0.623. The molecule has 0 atom stereocenters. The van der Waals surface area contributed by atoms with Crippen LogP contribution in [0.4, 0.5) is 5.13 Å². The van der Waals surface area contributed by atoms with E-state index in [-0.39, 0.29) is 12.5 Å². The van der Waals surface area contributed by atoms with Gasteiger partial charge in [-0.15, -0.1) is 11.3 Å². The quantitative estimate of drug-likeness (QED) is 0.724. The lowest BCUT2D eigenvalue weighted by Crippen LogP contribution is -2.32. The van der Waals surface area contributed by atoms with Crippen LogP contribution in [-0.4, -0.2) is 20.4 Å². The molecule has 0 unspecified atom stereocenters. The second kappa shape index (κ2) is 7.27. The van der Waals surface area contributed by atoms with Gasteiger partial charge in [-0.05, 0) is 12.5 Å². The Hall–Kier alpha value is -3.00. The van der Waals surface area contributed by atoms with E-state index in [9.17, 15) is 14.4 Å². The lowest BCUT2D eigenvalue weighted by molar-refractivity contribution is -0.116. The van der Waals surface area contributed by atoms with Gasteiger partial charge in [0.1, 0.15) is 6.54 Å². The summed E-state index contributed by atoms with van der Waals surface area (Å²) in [5.74, 6) is -0.384. The SMILES string of the molecule is Cc1cccc(Cc2cnc(NC(=O)Cn3ccc(=O)[nH]c3=O)s2)c1. The number of aromatic amines is 1. The van der Waals surface area contributed by atoms with E-state index in [1.165, 1.54) is 34.7 Å². The highest BCUT2D eigenvalue weighted by Crippen LogP contribution is 2.21. The van der Waals surface area contributed by atoms with Crippen LogP contribution in [0.2, 0.25) is 0 Å². The van der Waals surface area contributed by atoms with Crippen LogP contribution < -0.4 is 16.6 Å². The van der Waals surface area contributed by atoms with E-state index in [1.54, 1.807) is 6.20 Å². The van der Waals surface area contributed by atoms with Crippen molar-refractivity contribution in [2.45, 2.75) is 19.9 Å². The molecule has 25 heavy (non-hydrogen) atoms. The van der Waals surface area contributed by atoms with Gasteiger partial charge in [0.25, 0.3) is 5.56 Å². The summed E-state index contributed by atoms with van der Waals surface area (Å²) in [5, 5.41) is 3.14. The van der Waals surface area contributed by atoms with Crippen LogP contribution >= 0.6 is 11.3 Å². The third-order valence-corrected chi connectivity index (χ3v) is 4.38. The molecule has 0 saturated carbocycles. The molecule has 0 spiro atoms. The van der Waals surface area contributed by atoms with Crippen molar-refractivity contribution in [3.05, 3.63) is 79.6 Å². The Balaban J connectivity index is 1.63. The van der Waals surface area contributed by atoms with Crippen molar-refractivity contribution in [1.82, 2.24) is 14.5 Å². The number of carbonyl (C=O) groups is 1. The number of rotatable bonds is 5. The smallest absolute Gasteiger partial charge is 0.300 e. The first-order chi connectivity index (χ1) is 12.0. The Kier molecular flexibility index (Phi) is 4.90. The third kappa shape index (κ3) is 4.51. The van der Waals surface area contributed by atoms with Crippen LogP contribution in [0.5, 0.6) is 0 Å². The first-order valence-electron chi connectivity index (χ1n) is 7.59. The first-order valence-corrected chi connectivity index (χ1v) is 8.41. The standard InChI is InChI=1S/C17H16N4O3S/c1-11-3-2-4-12(7-11)8-13-9-18-16(25-13)19-15(23)10-21-6-5-14(22)20-17(21)24/h2-7,9H,8,10H2,1H3,(H,18,19,23)(H,20,22,24). The summed E-state index contributed by atoms with van der Waals surface area (Å²) in [6.07, 6.45) is 3.76. The topological polar surface area (TPSA) is 96.8 Å². The number of hydrogen-bond donors (Lipinski definition) is 2. The number of nitrogens with one attached hydrogen (secondary N) is 2. The molecule has 0 bridgehead atoms. The van der Waals surface area contributed by atoms with Gasteiger partial charge in [-0.3, -0.25) is 19.1 Å². The second-order valence-corrected chi connectivity index (χ2v) is 6.70. The molecule has 8 heteroatoms. The highest BCUT2D eigenvalue weighted by atomic mass is 32.1. The Morgan fingerprint density at radius 3 is 2.92 bits per heavy atom. The Labute approximate surface area is 147 Å². The van der Waals surface area contributed by atoms with Crippen LogP contribution in [0, 0.1) is 6.92 Å². The predicted molar refractivity (Wildman–Crippen MR) is 96.1 cm³/mol. The van der Waals surface area contributed by atoms with Crippen molar-refractivity contribution in [3.8, 4) is 0 Å². The fourth-order valence-corrected chi connectivity index (χ4v) is 3.22. The van der Waals surface area contributed by atoms with E-state index in [0.717, 1.165) is 15.9 Å². The summed E-state index contributed by atoms with van der Waals surface area (Å²) in [6, 6.07) is 9.41. The molecule has 0 aliphatic rings. The molecule has 0 saturated heterocycles. The zero-order chi connectivity index (χ0) is 17.8. The average Bonchev–Trinajstić information content (AvgIpc) is 2.97. The molecule has 0 aliphatic heterocycles. The highest BCUT2D eigenvalue weighted by molar-refractivity contribution is 7.15. The number of nitrogens with zero attached hydrogens (tertiary/aromatic N) is 2. The number of benzene rings is 1. The van der Waals surface area contributed by atoms with E-state index >= 15 is 0 Å². The van der Waals surface area contributed by atoms with Crippen molar-refractivity contribution >= 4 is 22.4 Å². The van der Waals surface area contributed by atoms with Crippen molar-refractivity contribution in [2.24, 2.45) is 0 Å². The Morgan fingerprint density at radius 1 is 1.32 bits per heavy atom. The Bertz CT molecular complexity index is 1020. The molecule has 1 aromatic carbocycles. The van der Waals surface area contributed by atoms with Gasteiger partial charge in [0.2, 0.25) is 5.91 Å². The minimum Gasteiger partial charge on any atom is -0.300 e. The molecule has 0 fully saturated rings. The largest absolute Gasteiger partial charge is 0.328 e. The molecule has 0 radical (unpaired) electrons. The number of thiazole rings is 1. The summed E-state index contributed by atoms with van der Waals surface area (Å²) in [7, 11) is 0. The van der Waals surface area contributed by atoms with Gasteiger partial charge in [-0.2, -0.15) is 0 Å². The minimum absolute atomic E-state index is 0.192. The fraction of sp³-hybridized carbons (Fsp3) is 0.176. The number of aryl methyl sites for hydroxylation is 1. The van der Waals surface area contributed by atoms with E-state index < -0.39 is 11.2 Å². The maximum absolute atomic E-state index is 12.0. The zero-order valence-electron chi connectivity index (χ0n) is 13.5. The number of hydrogen-bond acceptors (Lipinski definition) is 5. The van der Waals surface area contributed by atoms with Gasteiger partial charge >= 0.3 is 5.69 Å². The maximum atomic E-state index is 12.0. The van der Waals surface area contributed by atoms with Crippen molar-refractivity contribution in [1.29, 1.82) is 0 Å². The second-order valence-electron chi connectivity index (χ2n) is 5.58. The van der Waals surface area contributed by atoms with E-state index in [0.29, 0.717) is 5.13 Å². The lowest BCUT2D eigenvalue weighted by Gasteiger charge is -2.04. The molecular formula is C17H16N4O3S. The molecule has 0 aliphatic carbocycles. The molecule has 7 nitrogen and oxygen atoms in total. The zero-order valence-corrected chi connectivity index (χ0v) is 14.3. The first kappa shape index (κ1) is 16.8. The number of aromatic nitrogens is 3. The van der Waals surface area contributed by atoms with E-state index in [4.69, 9.17) is 0 Å². The molecule has 128 valence electrons. The van der Waals surface area contributed by atoms with Gasteiger partial charge in [0, 0.05) is 29.8 Å². The van der Waals surface area contributed by atoms with Crippen molar-refractivity contribution < 1.29 is 4.79 Å². The monoisotopic (exact) mass is 356 g/mol. The predicted octanol–water partition coefficient (Wildman–Crippen LogP) is 1.53. The molecule has 2 heterocycles. The molecule has 3 rings (SSSR count). The van der Waals surface area contributed by atoms with Crippen LogP contribution in [-0.2, 0) is 17.8 Å². The van der Waals surface area contributed by atoms with Gasteiger partial charge in [0.15, 0.2) is 5.13 Å². The molecule has 3 aromatic rings. The maximum Gasteiger partial charge on any atom is 0.328 e. The third-order valence-electron chi connectivity index (χ3n) is 3.47. The fourth-order valence-electron chi connectivity index (χ4n) is 2.35. The van der Waals surface area contributed by atoms with Gasteiger partial charge < -0.3 is 5.32 Å². The lowest BCUT2D eigenvalue weighted by atomic mass is 10.1. The number of amides is 1. The van der Waals surface area contributed by atoms with Crippen molar-refractivity contribution in [2.75, 3.05) is 5.32 Å². The van der Waals surface area contributed by atoms with Crippen LogP contribution in [0.1, 0.15) is 16.0 Å². The summed E-state index contributed by atoms with van der Waals surface area (Å²) < 4.78 is 1.12. The van der Waals surface area contributed by atoms with Crippen molar-refractivity contribution in [3.63, 3.8) is 0 Å². The van der Waals surface area contributed by atoms with E-state index in [2.05, 4.69) is 21.4 Å². The van der Waals surface area contributed by atoms with E-state index in [1.807, 2.05) is 25.1 Å². The Morgan fingerprint density at radius 2 is 2.16 bits per heavy atom. The van der Waals surface area contributed by atoms with Gasteiger partial charge in [-0.25, -0.2) is 9.78 Å². The van der Waals surface area contributed by atoms with Crippen LogP contribution in [0.3, 0.4) is 0 Å². The van der Waals surface area contributed by atoms with Crippen LogP contribution in [0.15, 0.2) is 52.3 Å². The molecule has 2 N–H and O–H groups in total. The summed E-state index contributed by atoms with van der Waals surface area (Å²) in [5.41, 5.74) is 1.26. The number of carbonyl (C=O) groups excluding carboxylic acids is 1. The number of anilines is 1. The molecule has 2 aromatic heterocycles. The van der Waals surface area contributed by atoms with Gasteiger partial charge in [0.05, 0.1) is 0 Å². The summed E-state index contributed by atoms with van der Waals surface area (Å²) in [4.78, 5) is 42.0. The average molecular weight is 356 g/mol.